The Balaban J connectivity index is 2.26. The molecule has 128 valence electrons. The van der Waals surface area contributed by atoms with Crippen molar-refractivity contribution in [3.05, 3.63) is 47.5 Å². The fraction of sp³-hybridized carbons (Fsp3) is 0.316. The van der Waals surface area contributed by atoms with Crippen LogP contribution in [0.3, 0.4) is 0 Å². The zero-order valence-corrected chi connectivity index (χ0v) is 14.8. The van der Waals surface area contributed by atoms with Gasteiger partial charge in [-0.3, -0.25) is 4.79 Å². The highest BCUT2D eigenvalue weighted by molar-refractivity contribution is 7.80. The molecule has 0 aromatic heterocycles. The molecule has 0 fully saturated rings. The molecule has 2 rings (SSSR count). The third kappa shape index (κ3) is 5.01. The molecule has 0 bridgehead atoms. The quantitative estimate of drug-likeness (QED) is 0.553. The summed E-state index contributed by atoms with van der Waals surface area (Å²) in [5, 5.41) is 9.10. The first kappa shape index (κ1) is 18.4. The lowest BCUT2D eigenvalue weighted by atomic mass is 10.1. The Kier molecular flexibility index (Phi) is 6.70. The van der Waals surface area contributed by atoms with Gasteiger partial charge in [0.2, 0.25) is 0 Å². The molecule has 0 aliphatic rings. The molecule has 0 saturated heterocycles. The van der Waals surface area contributed by atoms with E-state index in [-0.39, 0.29) is 12.7 Å². The van der Waals surface area contributed by atoms with E-state index in [9.17, 15) is 4.79 Å². The van der Waals surface area contributed by atoms with Crippen molar-refractivity contribution in [1.82, 2.24) is 0 Å². The minimum Gasteiger partial charge on any atom is -0.488 e. The average Bonchev–Trinajstić information content (AvgIpc) is 2.57. The highest BCUT2D eigenvalue weighted by Crippen LogP contribution is 2.30. The van der Waals surface area contributed by atoms with Crippen LogP contribution < -0.4 is 9.47 Å². The molecule has 2 aromatic rings. The fourth-order valence-electron chi connectivity index (χ4n) is 2.29. The Bertz CT molecular complexity index is 700. The van der Waals surface area contributed by atoms with Crippen LogP contribution in [0.5, 0.6) is 17.2 Å². The lowest BCUT2D eigenvalue weighted by molar-refractivity contribution is 0.112. The zero-order valence-electron chi connectivity index (χ0n) is 13.9. The predicted octanol–water partition coefficient (Wildman–Crippen LogP) is 4.29. The molecule has 4 nitrogen and oxygen atoms in total. The van der Waals surface area contributed by atoms with Crippen molar-refractivity contribution in [2.24, 2.45) is 0 Å². The van der Waals surface area contributed by atoms with E-state index in [2.05, 4.69) is 19.6 Å². The second-order valence-corrected chi connectivity index (χ2v) is 6.09. The molecule has 0 aliphatic heterocycles. The Morgan fingerprint density at radius 2 is 1.92 bits per heavy atom. The van der Waals surface area contributed by atoms with E-state index in [1.165, 1.54) is 0 Å². The van der Waals surface area contributed by atoms with E-state index in [4.69, 9.17) is 14.6 Å². The number of carbonyl (C=O) groups is 1. The number of aldehydes is 1. The zero-order chi connectivity index (χ0) is 17.5. The lowest BCUT2D eigenvalue weighted by Gasteiger charge is -2.14. The summed E-state index contributed by atoms with van der Waals surface area (Å²) < 4.78 is 11.4. The van der Waals surface area contributed by atoms with Crippen molar-refractivity contribution >= 4 is 18.9 Å². The van der Waals surface area contributed by atoms with E-state index in [1.807, 2.05) is 18.2 Å². The van der Waals surface area contributed by atoms with Gasteiger partial charge in [0, 0.05) is 16.5 Å². The van der Waals surface area contributed by atoms with Crippen LogP contribution in [0.2, 0.25) is 0 Å². The van der Waals surface area contributed by atoms with Gasteiger partial charge in [-0.15, -0.1) is 12.6 Å². The number of thiol groups is 1. The first-order chi connectivity index (χ1) is 11.5. The molecule has 0 spiro atoms. The molecule has 2 aromatic carbocycles. The van der Waals surface area contributed by atoms with Crippen molar-refractivity contribution < 1.29 is 19.4 Å². The molecule has 0 heterocycles. The molecule has 1 atom stereocenters. The maximum Gasteiger partial charge on any atom is 0.150 e. The maximum atomic E-state index is 11.1. The molecule has 0 saturated carbocycles. The van der Waals surface area contributed by atoms with Gasteiger partial charge in [0.15, 0.2) is 0 Å². The molecule has 0 aliphatic carbocycles. The van der Waals surface area contributed by atoms with Gasteiger partial charge < -0.3 is 14.6 Å². The van der Waals surface area contributed by atoms with Gasteiger partial charge in [0.1, 0.15) is 29.6 Å². The first-order valence-corrected chi connectivity index (χ1v) is 8.38. The number of aryl methyl sites for hydroxylation is 1. The van der Waals surface area contributed by atoms with Crippen LogP contribution in [-0.4, -0.2) is 24.1 Å². The van der Waals surface area contributed by atoms with E-state index in [0.29, 0.717) is 22.8 Å². The largest absolute Gasteiger partial charge is 0.488 e. The van der Waals surface area contributed by atoms with Crippen molar-refractivity contribution in [1.29, 1.82) is 0 Å². The van der Waals surface area contributed by atoms with Crippen LogP contribution in [-0.2, 0) is 6.42 Å². The molecule has 0 radical (unpaired) electrons. The number of hydrogen-bond donors (Lipinski definition) is 2. The second kappa shape index (κ2) is 8.76. The summed E-state index contributed by atoms with van der Waals surface area (Å²) in [6.07, 6.45) is 2.32. The van der Waals surface area contributed by atoms with E-state index < -0.39 is 0 Å². The normalized spacial score (nSPS) is 11.8. The number of rotatable bonds is 8. The summed E-state index contributed by atoms with van der Waals surface area (Å²) in [5.41, 5.74) is 1.57. The summed E-state index contributed by atoms with van der Waals surface area (Å²) in [5.74, 6) is 1.67. The molecule has 1 N–H and O–H groups in total. The Morgan fingerprint density at radius 3 is 2.58 bits per heavy atom. The molecule has 24 heavy (non-hydrogen) atoms. The van der Waals surface area contributed by atoms with Crippen LogP contribution in [0.25, 0.3) is 0 Å². The van der Waals surface area contributed by atoms with Crippen molar-refractivity contribution in [2.75, 3.05) is 6.61 Å². The van der Waals surface area contributed by atoms with Gasteiger partial charge in [0.25, 0.3) is 0 Å². The summed E-state index contributed by atoms with van der Waals surface area (Å²) in [6, 6.07) is 10.7. The third-order valence-corrected chi connectivity index (χ3v) is 3.88. The third-order valence-electron chi connectivity index (χ3n) is 3.44. The van der Waals surface area contributed by atoms with Gasteiger partial charge in [-0.1, -0.05) is 13.3 Å². The van der Waals surface area contributed by atoms with E-state index in [0.717, 1.165) is 29.6 Å². The van der Waals surface area contributed by atoms with Crippen LogP contribution in [0.15, 0.2) is 41.3 Å². The molecular weight excluding hydrogens is 324 g/mol. The minimum absolute atomic E-state index is 0.106. The first-order valence-electron chi connectivity index (χ1n) is 7.93. The Hall–Kier alpha value is -1.98. The number of benzene rings is 2. The van der Waals surface area contributed by atoms with Crippen LogP contribution in [0.4, 0.5) is 0 Å². The minimum atomic E-state index is -0.362. The Labute approximate surface area is 147 Å². The van der Waals surface area contributed by atoms with Gasteiger partial charge in [-0.2, -0.15) is 0 Å². The van der Waals surface area contributed by atoms with Crippen molar-refractivity contribution in [3.63, 3.8) is 0 Å². The average molecular weight is 346 g/mol. The van der Waals surface area contributed by atoms with Gasteiger partial charge >= 0.3 is 0 Å². The number of carbonyl (C=O) groups excluding carboxylic acids is 1. The second-order valence-electron chi connectivity index (χ2n) is 5.61. The monoisotopic (exact) mass is 346 g/mol. The van der Waals surface area contributed by atoms with Crippen molar-refractivity contribution in [2.45, 2.75) is 37.7 Å². The number of ether oxygens (including phenoxy) is 2. The van der Waals surface area contributed by atoms with E-state index in [1.54, 1.807) is 25.1 Å². The summed E-state index contributed by atoms with van der Waals surface area (Å²) in [6.45, 7) is 3.75. The number of hydrogen-bond acceptors (Lipinski definition) is 5. The van der Waals surface area contributed by atoms with Gasteiger partial charge in [-0.25, -0.2) is 0 Å². The fourth-order valence-corrected chi connectivity index (χ4v) is 2.54. The van der Waals surface area contributed by atoms with Crippen molar-refractivity contribution in [3.8, 4) is 17.2 Å². The van der Waals surface area contributed by atoms with Crippen LogP contribution in [0, 0.1) is 0 Å². The smallest absolute Gasteiger partial charge is 0.150 e. The van der Waals surface area contributed by atoms with E-state index >= 15 is 0 Å². The summed E-state index contributed by atoms with van der Waals surface area (Å²) >= 11 is 4.46. The predicted molar refractivity (Wildman–Crippen MR) is 96.8 cm³/mol. The Morgan fingerprint density at radius 1 is 1.17 bits per heavy atom. The molecule has 0 amide bonds. The standard InChI is InChI=1S/C19H22O4S/c1-3-4-15-9-16(5-6-19(15)24)23-18-8-14(12-21)7-17(10-18)22-13(2)11-20/h5-10,12-13,20,24H,3-4,11H2,1-2H3. The molecular formula is C19H22O4S. The van der Waals surface area contributed by atoms with Crippen LogP contribution >= 0.6 is 12.6 Å². The highest BCUT2D eigenvalue weighted by Gasteiger charge is 2.08. The maximum absolute atomic E-state index is 11.1. The molecule has 1 unspecified atom stereocenters. The summed E-state index contributed by atoms with van der Waals surface area (Å²) in [4.78, 5) is 12.1. The summed E-state index contributed by atoms with van der Waals surface area (Å²) in [7, 11) is 0. The topological polar surface area (TPSA) is 55.8 Å². The van der Waals surface area contributed by atoms with Gasteiger partial charge in [0.05, 0.1) is 6.61 Å². The molecule has 5 heteroatoms. The highest BCUT2D eigenvalue weighted by atomic mass is 32.1. The lowest BCUT2D eigenvalue weighted by Crippen LogP contribution is -2.16. The van der Waals surface area contributed by atoms with Gasteiger partial charge in [-0.05, 0) is 49.2 Å². The SMILES string of the molecule is CCCc1cc(Oc2cc(C=O)cc(OC(C)CO)c2)ccc1S. The van der Waals surface area contributed by atoms with Crippen LogP contribution in [0.1, 0.15) is 36.2 Å². The number of aliphatic hydroxyl groups excluding tert-OH is 1. The number of aliphatic hydroxyl groups is 1.